The van der Waals surface area contributed by atoms with Crippen LogP contribution in [-0.4, -0.2) is 81.9 Å². The van der Waals surface area contributed by atoms with Gasteiger partial charge in [-0.3, -0.25) is 53.5 Å². The fourth-order valence-electron chi connectivity index (χ4n) is 10.7. The molecule has 26 nitrogen and oxygen atoms in total. The van der Waals surface area contributed by atoms with Gasteiger partial charge in [0, 0.05) is 83.9 Å². The summed E-state index contributed by atoms with van der Waals surface area (Å²) in [5.41, 5.74) is 42.7. The maximum Gasteiger partial charge on any atom is 0.320 e. The first-order chi connectivity index (χ1) is 45.3. The van der Waals surface area contributed by atoms with Crippen LogP contribution in [-0.2, 0) is 39.3 Å². The van der Waals surface area contributed by atoms with Crippen molar-refractivity contribution in [3.63, 3.8) is 0 Å². The second-order valence-electron chi connectivity index (χ2n) is 22.5. The molecular weight excluding hydrogens is 1270 g/mol. The van der Waals surface area contributed by atoms with Crippen LogP contribution >= 0.6 is 34.8 Å². The Bertz CT molecular complexity index is 4700. The lowest BCUT2D eigenvalue weighted by molar-refractivity contribution is -0.385. The standard InChI is InChI=1S/C22H20ClN7O3.2C22H22ClN7O/c1-12-5-20(24)27-13(2)17(12)9-26-22(31)21-19(30(32)33)11-29(28-21)10-14-3-4-18-15(6-14)7-16(23)8-25-18;2*1-12-5-20(25)28-13(2)17(12)9-27-22(31)21-18(24)11-30(29-21)10-14-3-4-19-15(6-14)7-16(23)8-26-19/h3-8,11H,9-10H2,1-2H3,(H2,24,27)(H,26,31);2*3-8,11H,9-10,24H2,1-2H3,(H2,25,28)(H,27,31). The van der Waals surface area contributed by atoms with Crippen molar-refractivity contribution < 1.29 is 19.3 Å². The van der Waals surface area contributed by atoms with Crippen LogP contribution < -0.4 is 44.6 Å². The number of nitro groups is 1. The first kappa shape index (κ1) is 66.6. The van der Waals surface area contributed by atoms with E-state index in [0.717, 1.165) is 94.2 Å². The molecule has 0 bridgehead atoms. The van der Waals surface area contributed by atoms with Crippen LogP contribution in [0.5, 0.6) is 0 Å². The van der Waals surface area contributed by atoms with Gasteiger partial charge in [-0.1, -0.05) is 53.0 Å². The van der Waals surface area contributed by atoms with Crippen molar-refractivity contribution in [3.05, 3.63) is 238 Å². The molecule has 484 valence electrons. The Morgan fingerprint density at radius 3 is 1.07 bits per heavy atom. The zero-order valence-electron chi connectivity index (χ0n) is 52.2. The maximum absolute atomic E-state index is 12.8. The summed E-state index contributed by atoms with van der Waals surface area (Å²) >= 11 is 18.1. The Kier molecular flexibility index (Phi) is 20.1. The molecule has 3 amide bonds. The third kappa shape index (κ3) is 16.3. The molecule has 0 radical (unpaired) electrons. The summed E-state index contributed by atoms with van der Waals surface area (Å²) in [6.45, 7) is 13.2. The zero-order valence-corrected chi connectivity index (χ0v) is 54.5. The number of carbonyl (C=O) groups is 3. The van der Waals surface area contributed by atoms with E-state index < -0.39 is 10.8 Å². The number of nitrogens with one attached hydrogen (secondary N) is 3. The first-order valence-corrected chi connectivity index (χ1v) is 30.5. The first-order valence-electron chi connectivity index (χ1n) is 29.3. The third-order valence-corrected chi connectivity index (χ3v) is 16.0. The zero-order chi connectivity index (χ0) is 67.9. The van der Waals surface area contributed by atoms with Gasteiger partial charge in [-0.25, -0.2) is 15.0 Å². The van der Waals surface area contributed by atoms with Gasteiger partial charge < -0.3 is 44.6 Å². The van der Waals surface area contributed by atoms with Crippen LogP contribution in [0.15, 0.2) is 128 Å². The minimum atomic E-state index is -0.648. The molecule has 12 aromatic rings. The number of hydrogen-bond donors (Lipinski definition) is 8. The average Bonchev–Trinajstić information content (AvgIpc) is 1.89. The SMILES string of the molecule is Cc1cc(N)nc(C)c1CNC(=O)c1nn(Cc2ccc3ncc(Cl)cc3c2)cc1N.Cc1cc(N)nc(C)c1CNC(=O)c1nn(Cc2ccc3ncc(Cl)cc3c2)cc1N.Cc1cc(N)nc(C)c1CNC(=O)c1nn(Cc2ccc3ncc(Cl)cc3c2)cc1[N+](=O)[O-]. The molecule has 0 aliphatic rings. The maximum atomic E-state index is 12.8. The van der Waals surface area contributed by atoms with Crippen LogP contribution in [0.3, 0.4) is 0 Å². The fraction of sp³-hybridized carbons (Fsp3) is 0.182. The molecule has 0 saturated carbocycles. The highest BCUT2D eigenvalue weighted by Gasteiger charge is 2.27. The molecule has 0 spiro atoms. The lowest BCUT2D eigenvalue weighted by atomic mass is 10.1. The Morgan fingerprint density at radius 1 is 0.453 bits per heavy atom. The summed E-state index contributed by atoms with van der Waals surface area (Å²) in [7, 11) is 0. The van der Waals surface area contributed by atoms with Gasteiger partial charge in [0.15, 0.2) is 11.4 Å². The molecule has 0 atom stereocenters. The van der Waals surface area contributed by atoms with E-state index in [1.54, 1.807) is 71.5 Å². The monoisotopic (exact) mass is 1340 g/mol. The number of benzene rings is 3. The summed E-state index contributed by atoms with van der Waals surface area (Å²) < 4.78 is 4.66. The van der Waals surface area contributed by atoms with E-state index in [-0.39, 0.29) is 47.7 Å². The lowest BCUT2D eigenvalue weighted by Crippen LogP contribution is -2.25. The van der Waals surface area contributed by atoms with E-state index in [4.69, 9.17) is 63.5 Å². The molecule has 0 unspecified atom stereocenters. The van der Waals surface area contributed by atoms with E-state index in [1.807, 2.05) is 101 Å². The van der Waals surface area contributed by atoms with Crippen LogP contribution in [0.4, 0.5) is 34.5 Å². The molecule has 13 N–H and O–H groups in total. The number of nitrogens with two attached hydrogens (primary N) is 5. The van der Waals surface area contributed by atoms with Gasteiger partial charge in [0.25, 0.3) is 17.7 Å². The van der Waals surface area contributed by atoms with Crippen molar-refractivity contribution in [2.75, 3.05) is 28.7 Å². The predicted molar refractivity (Wildman–Crippen MR) is 368 cm³/mol. The van der Waals surface area contributed by atoms with Gasteiger partial charge in [0.1, 0.15) is 23.7 Å². The smallest absolute Gasteiger partial charge is 0.320 e. The van der Waals surface area contributed by atoms with E-state index >= 15 is 0 Å². The topological polar surface area (TPSA) is 391 Å². The van der Waals surface area contributed by atoms with Crippen molar-refractivity contribution in [2.45, 2.75) is 80.8 Å². The quantitative estimate of drug-likeness (QED) is 0.0329. The molecule has 12 rings (SSSR count). The number of hydrogen-bond acceptors (Lipinski definition) is 19. The number of anilines is 5. The van der Waals surface area contributed by atoms with Gasteiger partial charge in [-0.05, 0) is 164 Å². The van der Waals surface area contributed by atoms with Crippen LogP contribution in [0, 0.1) is 51.7 Å². The van der Waals surface area contributed by atoms with Crippen LogP contribution in [0.2, 0.25) is 15.1 Å². The Labute approximate surface area is 558 Å². The Morgan fingerprint density at radius 2 is 0.758 bits per heavy atom. The highest BCUT2D eigenvalue weighted by Crippen LogP contribution is 2.26. The van der Waals surface area contributed by atoms with E-state index in [1.165, 1.54) is 10.9 Å². The summed E-state index contributed by atoms with van der Waals surface area (Å²) in [6.07, 6.45) is 9.34. The number of aromatic nitrogens is 12. The molecule has 9 heterocycles. The summed E-state index contributed by atoms with van der Waals surface area (Å²) in [5, 5.41) is 37.3. The number of amides is 3. The number of rotatable bonds is 16. The molecule has 0 fully saturated rings. The highest BCUT2D eigenvalue weighted by molar-refractivity contribution is 6.31. The van der Waals surface area contributed by atoms with Crippen molar-refractivity contribution in [1.82, 2.24) is 75.2 Å². The number of nitrogens with zero attached hydrogens (tertiary/aromatic N) is 13. The number of pyridine rings is 6. The molecular formula is C66H64Cl3N21O5. The van der Waals surface area contributed by atoms with Gasteiger partial charge in [-0.15, -0.1) is 0 Å². The number of aryl methyl sites for hydroxylation is 6. The molecule has 0 aliphatic heterocycles. The lowest BCUT2D eigenvalue weighted by Gasteiger charge is -2.11. The third-order valence-electron chi connectivity index (χ3n) is 15.3. The minimum Gasteiger partial charge on any atom is -0.396 e. The molecule has 9 aromatic heterocycles. The fourth-order valence-corrected chi connectivity index (χ4v) is 11.2. The van der Waals surface area contributed by atoms with Crippen molar-refractivity contribution >= 4 is 120 Å². The van der Waals surface area contributed by atoms with Gasteiger partial charge in [0.2, 0.25) is 5.69 Å². The second kappa shape index (κ2) is 28.7. The second-order valence-corrected chi connectivity index (χ2v) is 23.8. The van der Waals surface area contributed by atoms with Gasteiger partial charge >= 0.3 is 5.69 Å². The summed E-state index contributed by atoms with van der Waals surface area (Å²) in [6, 6.07) is 28.1. The molecule has 0 saturated heterocycles. The normalized spacial score (nSPS) is 11.0. The van der Waals surface area contributed by atoms with Crippen molar-refractivity contribution in [3.8, 4) is 0 Å². The predicted octanol–water partition coefficient (Wildman–Crippen LogP) is 10.0. The number of nitrogen functional groups attached to an aromatic ring is 5. The Balaban J connectivity index is 0.000000155. The van der Waals surface area contributed by atoms with Gasteiger partial charge in [-0.2, -0.15) is 15.3 Å². The highest BCUT2D eigenvalue weighted by atomic mass is 35.5. The van der Waals surface area contributed by atoms with Gasteiger partial charge in [0.05, 0.1) is 67.6 Å². The minimum absolute atomic E-state index is 0.145. The van der Waals surface area contributed by atoms with Crippen molar-refractivity contribution in [2.24, 2.45) is 0 Å². The molecule has 95 heavy (non-hydrogen) atoms. The van der Waals surface area contributed by atoms with E-state index in [0.29, 0.717) is 75.8 Å². The summed E-state index contributed by atoms with van der Waals surface area (Å²) in [4.78, 5) is 74.6. The number of fused-ring (bicyclic) bond motifs is 3. The van der Waals surface area contributed by atoms with Crippen LogP contribution in [0.25, 0.3) is 32.7 Å². The molecule has 3 aromatic carbocycles. The molecule has 29 heteroatoms. The van der Waals surface area contributed by atoms with E-state index in [2.05, 4.69) is 61.2 Å². The summed E-state index contributed by atoms with van der Waals surface area (Å²) in [5.74, 6) is -0.0332. The van der Waals surface area contributed by atoms with Crippen LogP contribution in [0.1, 0.15) is 98.6 Å². The van der Waals surface area contributed by atoms with Crippen molar-refractivity contribution in [1.29, 1.82) is 0 Å². The largest absolute Gasteiger partial charge is 0.396 e. The Hall–Kier alpha value is -11.4. The average molecular weight is 1340 g/mol. The molecule has 0 aliphatic carbocycles. The number of carbonyl (C=O) groups excluding carboxylic acids is 3. The number of halogens is 3. The van der Waals surface area contributed by atoms with E-state index in [9.17, 15) is 24.5 Å².